The topological polar surface area (TPSA) is 55.0 Å². The molecule has 0 spiro atoms. The second-order valence-corrected chi connectivity index (χ2v) is 4.43. The Balaban J connectivity index is 2.24. The number of ether oxygens (including phenoxy) is 1. The van der Waals surface area contributed by atoms with E-state index in [1.165, 1.54) is 13.3 Å². The normalized spacial score (nSPS) is 10.4. The molecule has 1 aromatic heterocycles. The van der Waals surface area contributed by atoms with Gasteiger partial charge in [-0.3, -0.25) is 0 Å². The van der Waals surface area contributed by atoms with Crippen LogP contribution in [0.25, 0.3) is 0 Å². The van der Waals surface area contributed by atoms with Gasteiger partial charge < -0.3 is 9.72 Å². The molecule has 0 saturated carbocycles. The van der Waals surface area contributed by atoms with Crippen LogP contribution in [-0.2, 0) is 11.2 Å². The van der Waals surface area contributed by atoms with Gasteiger partial charge in [-0.2, -0.15) is 0 Å². The zero-order valence-corrected chi connectivity index (χ0v) is 11.0. The van der Waals surface area contributed by atoms with Gasteiger partial charge in [-0.1, -0.05) is 29.3 Å². The van der Waals surface area contributed by atoms with Gasteiger partial charge in [0, 0.05) is 16.5 Å². The van der Waals surface area contributed by atoms with E-state index in [1.54, 1.807) is 18.2 Å². The van der Waals surface area contributed by atoms with Crippen LogP contribution >= 0.6 is 23.2 Å². The maximum atomic E-state index is 11.3. The zero-order chi connectivity index (χ0) is 13.1. The Labute approximate surface area is 114 Å². The second-order valence-electron chi connectivity index (χ2n) is 3.61. The number of aromatic amines is 1. The van der Waals surface area contributed by atoms with Crippen molar-refractivity contribution in [3.8, 4) is 0 Å². The molecule has 0 unspecified atom stereocenters. The van der Waals surface area contributed by atoms with E-state index < -0.39 is 5.97 Å². The minimum atomic E-state index is -0.459. The number of aromatic nitrogens is 2. The molecule has 0 aliphatic heterocycles. The van der Waals surface area contributed by atoms with Gasteiger partial charge in [-0.15, -0.1) is 0 Å². The van der Waals surface area contributed by atoms with E-state index in [-0.39, 0.29) is 0 Å². The highest BCUT2D eigenvalue weighted by Gasteiger charge is 2.12. The molecule has 4 nitrogen and oxygen atoms in total. The van der Waals surface area contributed by atoms with Crippen LogP contribution in [0.4, 0.5) is 0 Å². The minimum Gasteiger partial charge on any atom is -0.464 e. The fraction of sp³-hybridized carbons (Fsp3) is 0.167. The molecule has 18 heavy (non-hydrogen) atoms. The van der Waals surface area contributed by atoms with Crippen molar-refractivity contribution in [2.45, 2.75) is 6.42 Å². The number of hydrogen-bond acceptors (Lipinski definition) is 3. The Morgan fingerprint density at radius 1 is 1.39 bits per heavy atom. The van der Waals surface area contributed by atoms with E-state index in [2.05, 4.69) is 14.7 Å². The van der Waals surface area contributed by atoms with Gasteiger partial charge in [-0.25, -0.2) is 9.78 Å². The van der Waals surface area contributed by atoms with Crippen LogP contribution in [0.3, 0.4) is 0 Å². The first-order chi connectivity index (χ1) is 8.61. The SMILES string of the molecule is COC(=O)c1cnc(Cc2c(Cl)cccc2Cl)[nH]1. The molecule has 0 radical (unpaired) electrons. The van der Waals surface area contributed by atoms with Gasteiger partial charge in [0.1, 0.15) is 11.5 Å². The number of methoxy groups -OCH3 is 1. The van der Waals surface area contributed by atoms with Crippen molar-refractivity contribution in [1.82, 2.24) is 9.97 Å². The molecule has 0 aliphatic carbocycles. The summed E-state index contributed by atoms with van der Waals surface area (Å²) in [6, 6.07) is 5.29. The van der Waals surface area contributed by atoms with E-state index >= 15 is 0 Å². The molecule has 0 atom stereocenters. The number of benzene rings is 1. The Morgan fingerprint density at radius 3 is 2.67 bits per heavy atom. The number of rotatable bonds is 3. The number of nitrogens with zero attached hydrogens (tertiary/aromatic N) is 1. The average molecular weight is 285 g/mol. The van der Waals surface area contributed by atoms with Gasteiger partial charge >= 0.3 is 5.97 Å². The lowest BCUT2D eigenvalue weighted by atomic mass is 10.1. The van der Waals surface area contributed by atoms with Gasteiger partial charge in [0.25, 0.3) is 0 Å². The Hall–Kier alpha value is -1.52. The highest BCUT2D eigenvalue weighted by Crippen LogP contribution is 2.26. The van der Waals surface area contributed by atoms with Crippen molar-refractivity contribution in [2.24, 2.45) is 0 Å². The molecule has 1 aromatic carbocycles. The maximum Gasteiger partial charge on any atom is 0.356 e. The predicted octanol–water partition coefficient (Wildman–Crippen LogP) is 3.09. The Kier molecular flexibility index (Phi) is 3.89. The lowest BCUT2D eigenvalue weighted by Crippen LogP contribution is -2.01. The molecule has 6 heteroatoms. The minimum absolute atomic E-state index is 0.302. The quantitative estimate of drug-likeness (QED) is 0.882. The number of carbonyl (C=O) groups is 1. The van der Waals surface area contributed by atoms with Crippen molar-refractivity contribution in [3.05, 3.63) is 51.5 Å². The molecule has 0 bridgehead atoms. The van der Waals surface area contributed by atoms with Crippen LogP contribution in [0.1, 0.15) is 21.9 Å². The van der Waals surface area contributed by atoms with E-state index in [0.29, 0.717) is 28.0 Å². The fourth-order valence-electron chi connectivity index (χ4n) is 1.53. The van der Waals surface area contributed by atoms with Crippen molar-refractivity contribution in [1.29, 1.82) is 0 Å². The zero-order valence-electron chi connectivity index (χ0n) is 9.54. The van der Waals surface area contributed by atoms with Gasteiger partial charge in [0.15, 0.2) is 0 Å². The molecule has 2 rings (SSSR count). The smallest absolute Gasteiger partial charge is 0.356 e. The predicted molar refractivity (Wildman–Crippen MR) is 69.2 cm³/mol. The lowest BCUT2D eigenvalue weighted by Gasteiger charge is -2.04. The van der Waals surface area contributed by atoms with E-state index in [1.807, 2.05) is 0 Å². The van der Waals surface area contributed by atoms with Crippen LogP contribution in [0.5, 0.6) is 0 Å². The monoisotopic (exact) mass is 284 g/mol. The largest absolute Gasteiger partial charge is 0.464 e. The summed E-state index contributed by atoms with van der Waals surface area (Å²) < 4.78 is 4.58. The number of halogens is 2. The van der Waals surface area contributed by atoms with E-state index in [4.69, 9.17) is 23.2 Å². The van der Waals surface area contributed by atoms with Crippen LogP contribution in [-0.4, -0.2) is 23.0 Å². The first-order valence-electron chi connectivity index (χ1n) is 5.17. The van der Waals surface area contributed by atoms with E-state index in [0.717, 1.165) is 5.56 Å². The van der Waals surface area contributed by atoms with Crippen LogP contribution in [0.15, 0.2) is 24.4 Å². The standard InChI is InChI=1S/C12H10Cl2N2O2/c1-18-12(17)10-6-15-11(16-10)5-7-8(13)3-2-4-9(7)14/h2-4,6H,5H2,1H3,(H,15,16). The number of hydrogen-bond donors (Lipinski definition) is 1. The number of carbonyl (C=O) groups excluding carboxylic acids is 1. The second kappa shape index (κ2) is 5.42. The molecule has 0 aliphatic rings. The van der Waals surface area contributed by atoms with Crippen molar-refractivity contribution in [2.75, 3.05) is 7.11 Å². The van der Waals surface area contributed by atoms with Crippen molar-refractivity contribution in [3.63, 3.8) is 0 Å². The molecular weight excluding hydrogens is 275 g/mol. The highest BCUT2D eigenvalue weighted by atomic mass is 35.5. The fourth-order valence-corrected chi connectivity index (χ4v) is 2.07. The van der Waals surface area contributed by atoms with Gasteiger partial charge in [-0.05, 0) is 17.7 Å². The molecular formula is C12H10Cl2N2O2. The van der Waals surface area contributed by atoms with E-state index in [9.17, 15) is 4.79 Å². The Morgan fingerprint density at radius 2 is 2.06 bits per heavy atom. The van der Waals surface area contributed by atoms with Crippen LogP contribution in [0, 0.1) is 0 Å². The average Bonchev–Trinajstić information content (AvgIpc) is 2.81. The first-order valence-corrected chi connectivity index (χ1v) is 5.92. The van der Waals surface area contributed by atoms with Crippen LogP contribution < -0.4 is 0 Å². The summed E-state index contributed by atoms with van der Waals surface area (Å²) in [6.45, 7) is 0. The molecule has 1 N–H and O–H groups in total. The van der Waals surface area contributed by atoms with Crippen molar-refractivity contribution >= 4 is 29.2 Å². The summed E-state index contributed by atoms with van der Waals surface area (Å²) in [4.78, 5) is 18.2. The number of esters is 1. The number of H-pyrrole nitrogens is 1. The molecule has 0 amide bonds. The summed E-state index contributed by atoms with van der Waals surface area (Å²) >= 11 is 12.1. The van der Waals surface area contributed by atoms with Gasteiger partial charge in [0.2, 0.25) is 0 Å². The summed E-state index contributed by atoms with van der Waals surface area (Å²) in [5.74, 6) is 0.143. The Bertz CT molecular complexity index is 561. The molecule has 94 valence electrons. The maximum absolute atomic E-state index is 11.3. The summed E-state index contributed by atoms with van der Waals surface area (Å²) in [7, 11) is 1.31. The highest BCUT2D eigenvalue weighted by molar-refractivity contribution is 6.36. The molecule has 0 fully saturated rings. The van der Waals surface area contributed by atoms with Gasteiger partial charge in [0.05, 0.1) is 13.3 Å². The first kappa shape index (κ1) is 12.9. The summed E-state index contributed by atoms with van der Waals surface area (Å²) in [5.41, 5.74) is 1.07. The number of nitrogens with one attached hydrogen (secondary N) is 1. The summed E-state index contributed by atoms with van der Waals surface area (Å²) in [6.07, 6.45) is 1.85. The summed E-state index contributed by atoms with van der Waals surface area (Å²) in [5, 5.41) is 1.14. The molecule has 0 saturated heterocycles. The van der Waals surface area contributed by atoms with Crippen LogP contribution in [0.2, 0.25) is 10.0 Å². The third-order valence-corrected chi connectivity index (χ3v) is 3.15. The third-order valence-electron chi connectivity index (χ3n) is 2.44. The molecule has 1 heterocycles. The lowest BCUT2D eigenvalue weighted by molar-refractivity contribution is 0.0594. The molecule has 2 aromatic rings. The van der Waals surface area contributed by atoms with Crippen molar-refractivity contribution < 1.29 is 9.53 Å². The number of imidazole rings is 1. The third kappa shape index (κ3) is 2.66.